The smallest absolute Gasteiger partial charge is 0.142 e. The number of hydrogen-bond donors (Lipinski definition) is 1. The second kappa shape index (κ2) is 6.97. The van der Waals surface area contributed by atoms with Crippen molar-refractivity contribution in [3.8, 4) is 0 Å². The molecule has 0 saturated carbocycles. The van der Waals surface area contributed by atoms with Gasteiger partial charge in [-0.2, -0.15) is 0 Å². The molecule has 0 fully saturated rings. The van der Waals surface area contributed by atoms with Crippen molar-refractivity contribution in [1.82, 2.24) is 5.32 Å². The number of rotatable bonds is 6. The molecule has 0 aliphatic heterocycles. The SMILES string of the molecule is CC(CCNC(C)C)Cc1cccc(F)c1Cl. The summed E-state index contributed by atoms with van der Waals surface area (Å²) in [6.45, 7) is 7.43. The van der Waals surface area contributed by atoms with E-state index in [2.05, 4.69) is 26.1 Å². The molecular weight excluding hydrogens is 237 g/mol. The third kappa shape index (κ3) is 5.05. The molecule has 0 spiro atoms. The highest BCUT2D eigenvalue weighted by Crippen LogP contribution is 2.23. The van der Waals surface area contributed by atoms with E-state index in [1.54, 1.807) is 6.07 Å². The predicted molar refractivity (Wildman–Crippen MR) is 72.0 cm³/mol. The maximum atomic E-state index is 13.2. The van der Waals surface area contributed by atoms with Gasteiger partial charge in [0, 0.05) is 6.04 Å². The number of hydrogen-bond acceptors (Lipinski definition) is 1. The molecule has 1 unspecified atom stereocenters. The van der Waals surface area contributed by atoms with Crippen LogP contribution in [-0.4, -0.2) is 12.6 Å². The molecule has 1 N–H and O–H groups in total. The van der Waals surface area contributed by atoms with Gasteiger partial charge < -0.3 is 5.32 Å². The molecular formula is C14H21ClFN. The lowest BCUT2D eigenvalue weighted by Crippen LogP contribution is -2.25. The Morgan fingerprint density at radius 2 is 2.00 bits per heavy atom. The quantitative estimate of drug-likeness (QED) is 0.811. The lowest BCUT2D eigenvalue weighted by Gasteiger charge is -2.14. The van der Waals surface area contributed by atoms with Crippen LogP contribution >= 0.6 is 11.6 Å². The van der Waals surface area contributed by atoms with Crippen molar-refractivity contribution < 1.29 is 4.39 Å². The summed E-state index contributed by atoms with van der Waals surface area (Å²) in [5.74, 6) is 0.178. The molecule has 0 radical (unpaired) electrons. The van der Waals surface area contributed by atoms with Crippen molar-refractivity contribution in [3.05, 3.63) is 34.6 Å². The fourth-order valence-electron chi connectivity index (χ4n) is 1.80. The third-order valence-corrected chi connectivity index (χ3v) is 3.21. The summed E-state index contributed by atoms with van der Waals surface area (Å²) in [7, 11) is 0. The summed E-state index contributed by atoms with van der Waals surface area (Å²) in [6.07, 6.45) is 1.90. The van der Waals surface area contributed by atoms with Crippen LogP contribution in [0, 0.1) is 11.7 Å². The molecule has 0 aromatic heterocycles. The summed E-state index contributed by atoms with van der Waals surface area (Å²) in [4.78, 5) is 0. The Morgan fingerprint density at radius 1 is 1.29 bits per heavy atom. The molecule has 1 aromatic rings. The van der Waals surface area contributed by atoms with Crippen LogP contribution in [-0.2, 0) is 6.42 Å². The van der Waals surface area contributed by atoms with E-state index < -0.39 is 0 Å². The highest BCUT2D eigenvalue weighted by molar-refractivity contribution is 6.31. The minimum Gasteiger partial charge on any atom is -0.315 e. The molecule has 1 rings (SSSR count). The van der Waals surface area contributed by atoms with Crippen LogP contribution in [0.2, 0.25) is 5.02 Å². The summed E-state index contributed by atoms with van der Waals surface area (Å²) in [6, 6.07) is 5.53. The summed E-state index contributed by atoms with van der Waals surface area (Å²) in [5, 5.41) is 3.66. The van der Waals surface area contributed by atoms with Gasteiger partial charge in [-0.15, -0.1) is 0 Å². The van der Waals surface area contributed by atoms with Crippen LogP contribution in [0.25, 0.3) is 0 Å². The molecule has 0 bridgehead atoms. The lowest BCUT2D eigenvalue weighted by atomic mass is 9.98. The van der Waals surface area contributed by atoms with Gasteiger partial charge in [0.1, 0.15) is 5.82 Å². The van der Waals surface area contributed by atoms with Crippen molar-refractivity contribution in [2.45, 2.75) is 39.7 Å². The maximum Gasteiger partial charge on any atom is 0.142 e. The molecule has 0 aliphatic rings. The first-order valence-corrected chi connectivity index (χ1v) is 6.54. The number of benzene rings is 1. The van der Waals surface area contributed by atoms with Gasteiger partial charge in [-0.25, -0.2) is 4.39 Å². The van der Waals surface area contributed by atoms with E-state index in [0.29, 0.717) is 12.0 Å². The van der Waals surface area contributed by atoms with Crippen molar-refractivity contribution in [1.29, 1.82) is 0 Å². The Labute approximate surface area is 108 Å². The molecule has 0 aliphatic carbocycles. The molecule has 1 nitrogen and oxygen atoms in total. The van der Waals surface area contributed by atoms with E-state index in [1.165, 1.54) is 6.07 Å². The van der Waals surface area contributed by atoms with Crippen LogP contribution in [0.15, 0.2) is 18.2 Å². The summed E-state index contributed by atoms with van der Waals surface area (Å²) < 4.78 is 13.2. The first-order chi connectivity index (χ1) is 8.00. The molecule has 3 heteroatoms. The topological polar surface area (TPSA) is 12.0 Å². The average Bonchev–Trinajstić information content (AvgIpc) is 2.24. The molecule has 17 heavy (non-hydrogen) atoms. The van der Waals surface area contributed by atoms with Crippen LogP contribution in [0.4, 0.5) is 4.39 Å². The second-order valence-electron chi connectivity index (χ2n) is 4.92. The van der Waals surface area contributed by atoms with Crippen LogP contribution in [0.5, 0.6) is 0 Å². The normalized spacial score (nSPS) is 13.1. The van der Waals surface area contributed by atoms with Gasteiger partial charge >= 0.3 is 0 Å². The van der Waals surface area contributed by atoms with Gasteiger partial charge in [-0.3, -0.25) is 0 Å². The molecule has 0 heterocycles. The van der Waals surface area contributed by atoms with E-state index in [9.17, 15) is 4.39 Å². The van der Waals surface area contributed by atoms with Crippen LogP contribution < -0.4 is 5.32 Å². The summed E-state index contributed by atoms with van der Waals surface area (Å²) in [5.41, 5.74) is 0.906. The van der Waals surface area contributed by atoms with Crippen molar-refractivity contribution in [2.75, 3.05) is 6.54 Å². The van der Waals surface area contributed by atoms with E-state index in [1.807, 2.05) is 6.07 Å². The number of halogens is 2. The van der Waals surface area contributed by atoms with Gasteiger partial charge in [0.05, 0.1) is 5.02 Å². The fraction of sp³-hybridized carbons (Fsp3) is 0.571. The second-order valence-corrected chi connectivity index (χ2v) is 5.30. The van der Waals surface area contributed by atoms with Gasteiger partial charge in [0.15, 0.2) is 0 Å². The van der Waals surface area contributed by atoms with E-state index >= 15 is 0 Å². The minimum atomic E-state index is -0.323. The zero-order valence-electron chi connectivity index (χ0n) is 10.8. The van der Waals surface area contributed by atoms with Gasteiger partial charge in [0.2, 0.25) is 0 Å². The Balaban J connectivity index is 2.45. The highest BCUT2D eigenvalue weighted by atomic mass is 35.5. The van der Waals surface area contributed by atoms with Crippen LogP contribution in [0.1, 0.15) is 32.8 Å². The predicted octanol–water partition coefficient (Wildman–Crippen LogP) is 4.05. The first kappa shape index (κ1) is 14.5. The number of nitrogens with one attached hydrogen (secondary N) is 1. The van der Waals surface area contributed by atoms with Gasteiger partial charge in [0.25, 0.3) is 0 Å². The Kier molecular flexibility index (Phi) is 5.93. The Bertz CT molecular complexity index is 352. The standard InChI is InChI=1S/C14H21ClFN/c1-10(2)17-8-7-11(3)9-12-5-4-6-13(16)14(12)15/h4-6,10-11,17H,7-9H2,1-3H3. The summed E-state index contributed by atoms with van der Waals surface area (Å²) >= 11 is 5.93. The zero-order chi connectivity index (χ0) is 12.8. The Morgan fingerprint density at radius 3 is 2.65 bits per heavy atom. The Hall–Kier alpha value is -0.600. The monoisotopic (exact) mass is 257 g/mol. The van der Waals surface area contributed by atoms with Gasteiger partial charge in [-0.1, -0.05) is 44.5 Å². The van der Waals surface area contributed by atoms with E-state index in [0.717, 1.165) is 24.9 Å². The molecule has 96 valence electrons. The largest absolute Gasteiger partial charge is 0.315 e. The molecule has 1 atom stereocenters. The molecule has 0 amide bonds. The lowest BCUT2D eigenvalue weighted by molar-refractivity contribution is 0.475. The van der Waals surface area contributed by atoms with E-state index in [4.69, 9.17) is 11.6 Å². The minimum absolute atomic E-state index is 0.274. The zero-order valence-corrected chi connectivity index (χ0v) is 11.5. The van der Waals surface area contributed by atoms with Crippen molar-refractivity contribution >= 4 is 11.6 Å². The third-order valence-electron chi connectivity index (χ3n) is 2.79. The van der Waals surface area contributed by atoms with E-state index in [-0.39, 0.29) is 10.8 Å². The molecule has 0 saturated heterocycles. The fourth-order valence-corrected chi connectivity index (χ4v) is 2.01. The first-order valence-electron chi connectivity index (χ1n) is 6.17. The van der Waals surface area contributed by atoms with Crippen molar-refractivity contribution in [2.24, 2.45) is 5.92 Å². The van der Waals surface area contributed by atoms with Gasteiger partial charge in [-0.05, 0) is 36.9 Å². The maximum absolute atomic E-state index is 13.2. The van der Waals surface area contributed by atoms with Crippen molar-refractivity contribution in [3.63, 3.8) is 0 Å². The average molecular weight is 258 g/mol. The highest BCUT2D eigenvalue weighted by Gasteiger charge is 2.09. The van der Waals surface area contributed by atoms with Crippen LogP contribution in [0.3, 0.4) is 0 Å². The molecule has 1 aromatic carbocycles.